The third-order valence-corrected chi connectivity index (χ3v) is 3.28. The summed E-state index contributed by atoms with van der Waals surface area (Å²) in [6.07, 6.45) is 0. The van der Waals surface area contributed by atoms with Crippen molar-refractivity contribution in [2.45, 2.75) is 6.04 Å². The lowest BCUT2D eigenvalue weighted by Crippen LogP contribution is -2.29. The van der Waals surface area contributed by atoms with E-state index in [4.69, 9.17) is 22.2 Å². The minimum Gasteiger partial charge on any atom is -0.494 e. The first-order chi connectivity index (χ1) is 9.56. The van der Waals surface area contributed by atoms with Gasteiger partial charge in [0.25, 0.3) is 0 Å². The Morgan fingerprint density at radius 1 is 1.20 bits per heavy atom. The van der Waals surface area contributed by atoms with Crippen LogP contribution >= 0.6 is 11.6 Å². The predicted octanol–water partition coefficient (Wildman–Crippen LogP) is 3.18. The molecule has 106 valence electrons. The molecule has 0 aliphatic carbocycles. The minimum atomic E-state index is -0.552. The molecular formula is C14H13ClF2N2O. The average Bonchev–Trinajstić information content (AvgIpc) is 2.42. The molecule has 0 spiro atoms. The Bertz CT molecular complexity index is 622. The highest BCUT2D eigenvalue weighted by Crippen LogP contribution is 2.30. The van der Waals surface area contributed by atoms with Gasteiger partial charge in [0.2, 0.25) is 0 Å². The van der Waals surface area contributed by atoms with Gasteiger partial charge in [-0.1, -0.05) is 23.7 Å². The van der Waals surface area contributed by atoms with E-state index in [1.165, 1.54) is 37.4 Å². The van der Waals surface area contributed by atoms with Crippen molar-refractivity contribution in [3.8, 4) is 5.75 Å². The van der Waals surface area contributed by atoms with Crippen molar-refractivity contribution < 1.29 is 13.5 Å². The molecule has 0 bridgehead atoms. The highest BCUT2D eigenvalue weighted by Gasteiger charge is 2.17. The summed E-state index contributed by atoms with van der Waals surface area (Å²) in [5.41, 5.74) is 3.66. The van der Waals surface area contributed by atoms with Crippen molar-refractivity contribution in [1.29, 1.82) is 0 Å². The second-order valence-electron chi connectivity index (χ2n) is 4.16. The highest BCUT2D eigenvalue weighted by molar-refractivity contribution is 6.31. The topological polar surface area (TPSA) is 47.3 Å². The smallest absolute Gasteiger partial charge is 0.165 e. The second kappa shape index (κ2) is 6.17. The first kappa shape index (κ1) is 14.7. The summed E-state index contributed by atoms with van der Waals surface area (Å²) in [4.78, 5) is 0. The van der Waals surface area contributed by atoms with Crippen LogP contribution in [-0.4, -0.2) is 7.11 Å². The van der Waals surface area contributed by atoms with E-state index >= 15 is 0 Å². The molecule has 2 rings (SSSR count). The third kappa shape index (κ3) is 2.90. The van der Waals surface area contributed by atoms with Crippen LogP contribution in [0.4, 0.5) is 8.78 Å². The molecule has 0 saturated heterocycles. The summed E-state index contributed by atoms with van der Waals surface area (Å²) in [5.74, 6) is 4.68. The number of hydrogen-bond donors (Lipinski definition) is 2. The Morgan fingerprint density at radius 3 is 2.50 bits per heavy atom. The second-order valence-corrected chi connectivity index (χ2v) is 4.57. The van der Waals surface area contributed by atoms with Crippen molar-refractivity contribution in [1.82, 2.24) is 5.43 Å². The minimum absolute atomic E-state index is 0.134. The molecule has 3 N–H and O–H groups in total. The van der Waals surface area contributed by atoms with Gasteiger partial charge in [-0.3, -0.25) is 5.84 Å². The molecule has 0 radical (unpaired) electrons. The van der Waals surface area contributed by atoms with Crippen LogP contribution < -0.4 is 16.0 Å². The summed E-state index contributed by atoms with van der Waals surface area (Å²) in [5, 5.41) is 0.212. The van der Waals surface area contributed by atoms with E-state index in [1.807, 2.05) is 0 Å². The standard InChI is InChI=1S/C14H13ClF2N2O/c1-20-13-5-2-8(6-12(13)17)14(19-18)10-4-3-9(16)7-11(10)15/h2-7,14,19H,18H2,1H3. The van der Waals surface area contributed by atoms with Crippen LogP contribution in [0.3, 0.4) is 0 Å². The normalized spacial score (nSPS) is 12.2. The van der Waals surface area contributed by atoms with Crippen molar-refractivity contribution in [3.63, 3.8) is 0 Å². The van der Waals surface area contributed by atoms with Gasteiger partial charge in [-0.15, -0.1) is 0 Å². The van der Waals surface area contributed by atoms with Gasteiger partial charge in [0.05, 0.1) is 13.2 Å². The fraction of sp³-hybridized carbons (Fsp3) is 0.143. The monoisotopic (exact) mass is 298 g/mol. The Labute approximate surface area is 120 Å². The summed E-state index contributed by atoms with van der Waals surface area (Å²) < 4.78 is 31.7. The van der Waals surface area contributed by atoms with E-state index in [1.54, 1.807) is 6.07 Å². The van der Waals surface area contributed by atoms with E-state index in [2.05, 4.69) is 5.43 Å². The van der Waals surface area contributed by atoms with Gasteiger partial charge in [0.15, 0.2) is 11.6 Å². The number of methoxy groups -OCH3 is 1. The molecule has 3 nitrogen and oxygen atoms in total. The number of ether oxygens (including phenoxy) is 1. The molecule has 0 saturated carbocycles. The fourth-order valence-electron chi connectivity index (χ4n) is 1.96. The molecule has 6 heteroatoms. The first-order valence-corrected chi connectivity index (χ1v) is 6.19. The van der Waals surface area contributed by atoms with Crippen LogP contribution in [0.25, 0.3) is 0 Å². The van der Waals surface area contributed by atoms with Gasteiger partial charge >= 0.3 is 0 Å². The zero-order valence-corrected chi connectivity index (χ0v) is 11.4. The lowest BCUT2D eigenvalue weighted by atomic mass is 9.99. The SMILES string of the molecule is COc1ccc(C(NN)c2ccc(F)cc2Cl)cc1F. The van der Waals surface area contributed by atoms with Crippen molar-refractivity contribution in [2.24, 2.45) is 5.84 Å². The van der Waals surface area contributed by atoms with Gasteiger partial charge in [-0.2, -0.15) is 0 Å². The number of hydrogen-bond acceptors (Lipinski definition) is 3. The van der Waals surface area contributed by atoms with Gasteiger partial charge in [0, 0.05) is 5.02 Å². The summed E-state index contributed by atoms with van der Waals surface area (Å²) >= 11 is 6.00. The number of nitrogens with one attached hydrogen (secondary N) is 1. The lowest BCUT2D eigenvalue weighted by molar-refractivity contribution is 0.385. The molecule has 1 atom stereocenters. The maximum Gasteiger partial charge on any atom is 0.165 e. The first-order valence-electron chi connectivity index (χ1n) is 5.81. The van der Waals surface area contributed by atoms with Crippen LogP contribution in [0, 0.1) is 11.6 Å². The zero-order valence-electron chi connectivity index (χ0n) is 10.7. The maximum absolute atomic E-state index is 13.7. The quantitative estimate of drug-likeness (QED) is 0.673. The molecule has 0 fully saturated rings. The molecule has 1 unspecified atom stereocenters. The maximum atomic E-state index is 13.7. The Morgan fingerprint density at radius 2 is 1.95 bits per heavy atom. The highest BCUT2D eigenvalue weighted by atomic mass is 35.5. The lowest BCUT2D eigenvalue weighted by Gasteiger charge is -2.19. The van der Waals surface area contributed by atoms with Gasteiger partial charge < -0.3 is 4.74 Å². The number of hydrazine groups is 1. The molecule has 0 aliphatic heterocycles. The van der Waals surface area contributed by atoms with Gasteiger partial charge in [-0.25, -0.2) is 14.2 Å². The van der Waals surface area contributed by atoms with Gasteiger partial charge in [-0.05, 0) is 35.4 Å². The van der Waals surface area contributed by atoms with Crippen LogP contribution in [0.5, 0.6) is 5.75 Å². The third-order valence-electron chi connectivity index (χ3n) is 2.95. The summed E-state index contributed by atoms with van der Waals surface area (Å²) in [6.45, 7) is 0. The number of benzene rings is 2. The van der Waals surface area contributed by atoms with Gasteiger partial charge in [0.1, 0.15) is 5.82 Å². The van der Waals surface area contributed by atoms with Crippen LogP contribution in [0.15, 0.2) is 36.4 Å². The number of nitrogens with two attached hydrogens (primary N) is 1. The molecule has 2 aromatic carbocycles. The van der Waals surface area contributed by atoms with Crippen LogP contribution in [0.2, 0.25) is 5.02 Å². The Balaban J connectivity index is 2.44. The fourth-order valence-corrected chi connectivity index (χ4v) is 2.24. The zero-order chi connectivity index (χ0) is 14.7. The van der Waals surface area contributed by atoms with Crippen molar-refractivity contribution in [3.05, 3.63) is 64.2 Å². The molecule has 0 aliphatic rings. The van der Waals surface area contributed by atoms with Crippen LogP contribution in [-0.2, 0) is 0 Å². The number of halogens is 3. The van der Waals surface area contributed by atoms with E-state index in [0.29, 0.717) is 11.1 Å². The van der Waals surface area contributed by atoms with Crippen LogP contribution in [0.1, 0.15) is 17.2 Å². The Kier molecular flexibility index (Phi) is 4.54. The molecule has 0 aromatic heterocycles. The molecule has 0 heterocycles. The van der Waals surface area contributed by atoms with E-state index in [-0.39, 0.29) is 10.8 Å². The Hall–Kier alpha value is -1.69. The molecular weight excluding hydrogens is 286 g/mol. The summed E-state index contributed by atoms with van der Waals surface area (Å²) in [7, 11) is 1.38. The number of rotatable bonds is 4. The molecule has 2 aromatic rings. The van der Waals surface area contributed by atoms with E-state index < -0.39 is 17.7 Å². The largest absolute Gasteiger partial charge is 0.494 e. The predicted molar refractivity (Wildman–Crippen MR) is 73.5 cm³/mol. The molecule has 20 heavy (non-hydrogen) atoms. The summed E-state index contributed by atoms with van der Waals surface area (Å²) in [6, 6.07) is 7.85. The van der Waals surface area contributed by atoms with Crippen molar-refractivity contribution >= 4 is 11.6 Å². The van der Waals surface area contributed by atoms with Crippen molar-refractivity contribution in [2.75, 3.05) is 7.11 Å². The molecule has 0 amide bonds. The average molecular weight is 299 g/mol. The van der Waals surface area contributed by atoms with E-state index in [9.17, 15) is 8.78 Å². The van der Waals surface area contributed by atoms with E-state index in [0.717, 1.165) is 0 Å².